The van der Waals surface area contributed by atoms with Gasteiger partial charge in [0.05, 0.1) is 19.9 Å². The summed E-state index contributed by atoms with van der Waals surface area (Å²) in [4.78, 5) is 11.4. The van der Waals surface area contributed by atoms with E-state index in [2.05, 4.69) is 33.4 Å². The molecular weight excluding hydrogens is 443 g/mol. The third-order valence-corrected chi connectivity index (χ3v) is 4.46. The predicted octanol–water partition coefficient (Wildman–Crippen LogP) is 2.40. The molecule has 2 aromatic rings. The van der Waals surface area contributed by atoms with Crippen LogP contribution in [0.15, 0.2) is 35.7 Å². The van der Waals surface area contributed by atoms with Gasteiger partial charge in [0.15, 0.2) is 5.96 Å². The van der Waals surface area contributed by atoms with Crippen LogP contribution in [0.25, 0.3) is 0 Å². The number of guanidine groups is 1. The molecule has 1 N–H and O–H groups in total. The number of pyridine rings is 1. The Morgan fingerprint density at radius 3 is 3.00 bits per heavy atom. The van der Waals surface area contributed by atoms with E-state index in [1.165, 1.54) is 5.56 Å². The third kappa shape index (κ3) is 4.87. The average Bonchev–Trinajstić information content (AvgIpc) is 3.28. The number of nitrogens with zero attached hydrogens (tertiary/aromatic N) is 5. The Bertz CT molecular complexity index is 732. The average molecular weight is 470 g/mol. The fourth-order valence-corrected chi connectivity index (χ4v) is 3.19. The van der Waals surface area contributed by atoms with Crippen molar-refractivity contribution >= 4 is 29.9 Å². The highest BCUT2D eigenvalue weighted by atomic mass is 127. The molecule has 1 saturated heterocycles. The summed E-state index contributed by atoms with van der Waals surface area (Å²) >= 11 is 0. The molecule has 7 nitrogen and oxygen atoms in total. The molecule has 0 spiro atoms. The van der Waals surface area contributed by atoms with E-state index in [0.717, 1.165) is 37.6 Å². The van der Waals surface area contributed by atoms with E-state index in [0.29, 0.717) is 18.3 Å². The van der Waals surface area contributed by atoms with Gasteiger partial charge in [0.2, 0.25) is 5.88 Å². The number of hydrogen-bond donors (Lipinski definition) is 1. The van der Waals surface area contributed by atoms with Gasteiger partial charge >= 0.3 is 0 Å². The Balaban J connectivity index is 0.00000243. The van der Waals surface area contributed by atoms with Crippen LogP contribution in [0.2, 0.25) is 0 Å². The Morgan fingerprint density at radius 2 is 2.31 bits per heavy atom. The van der Waals surface area contributed by atoms with Crippen LogP contribution in [0.1, 0.15) is 30.4 Å². The van der Waals surface area contributed by atoms with Crippen LogP contribution in [-0.2, 0) is 13.6 Å². The normalized spacial score (nSPS) is 17.1. The summed E-state index contributed by atoms with van der Waals surface area (Å²) in [7, 11) is 3.60. The van der Waals surface area contributed by atoms with Crippen LogP contribution < -0.4 is 10.1 Å². The predicted molar refractivity (Wildman–Crippen MR) is 113 cm³/mol. The highest BCUT2D eigenvalue weighted by molar-refractivity contribution is 14.0. The lowest BCUT2D eigenvalue weighted by molar-refractivity contribution is 0.392. The zero-order chi connectivity index (χ0) is 17.6. The largest absolute Gasteiger partial charge is 0.481 e. The zero-order valence-electron chi connectivity index (χ0n) is 15.6. The van der Waals surface area contributed by atoms with Crippen molar-refractivity contribution in [3.8, 4) is 5.88 Å². The minimum atomic E-state index is 0. The van der Waals surface area contributed by atoms with Crippen LogP contribution >= 0.6 is 24.0 Å². The Hall–Kier alpha value is -1.84. The number of likely N-dealkylation sites (tertiary alicyclic amines) is 1. The molecule has 1 fully saturated rings. The van der Waals surface area contributed by atoms with Crippen LogP contribution in [0.5, 0.6) is 5.88 Å². The molecule has 1 aliphatic heterocycles. The van der Waals surface area contributed by atoms with Gasteiger partial charge in [-0.05, 0) is 25.0 Å². The van der Waals surface area contributed by atoms with Gasteiger partial charge in [-0.2, -0.15) is 5.10 Å². The summed E-state index contributed by atoms with van der Waals surface area (Å²) in [5.41, 5.74) is 2.29. The standard InChI is InChI=1S/C18H26N6O.HI/c1-4-19-18(21-10-14-6-5-8-20-17(14)25-3)24-9-7-15(13-24)16-11-22-23(2)12-16;/h5-6,8,11-12,15H,4,7,9-10,13H2,1-3H3,(H,19,21);1H. The number of aliphatic imine (C=N–C) groups is 1. The molecule has 3 rings (SSSR count). The Morgan fingerprint density at radius 1 is 1.46 bits per heavy atom. The first-order valence-corrected chi connectivity index (χ1v) is 8.71. The number of rotatable bonds is 5. The van der Waals surface area contributed by atoms with E-state index in [9.17, 15) is 0 Å². The van der Waals surface area contributed by atoms with Crippen molar-refractivity contribution in [3.63, 3.8) is 0 Å². The van der Waals surface area contributed by atoms with Gasteiger partial charge in [0.25, 0.3) is 0 Å². The third-order valence-electron chi connectivity index (χ3n) is 4.46. The summed E-state index contributed by atoms with van der Waals surface area (Å²) in [5.74, 6) is 2.09. The van der Waals surface area contributed by atoms with Crippen molar-refractivity contribution in [1.82, 2.24) is 25.0 Å². The molecule has 142 valence electrons. The van der Waals surface area contributed by atoms with Gasteiger partial charge in [-0.15, -0.1) is 24.0 Å². The molecule has 0 aromatic carbocycles. The van der Waals surface area contributed by atoms with Crippen LogP contribution in [0, 0.1) is 0 Å². The zero-order valence-corrected chi connectivity index (χ0v) is 17.9. The van der Waals surface area contributed by atoms with Crippen LogP contribution in [0.3, 0.4) is 0 Å². The maximum Gasteiger partial charge on any atom is 0.218 e. The van der Waals surface area contributed by atoms with Gasteiger partial charge in [-0.3, -0.25) is 4.68 Å². The number of hydrogen-bond acceptors (Lipinski definition) is 4. The summed E-state index contributed by atoms with van der Waals surface area (Å²) < 4.78 is 7.18. The van der Waals surface area contributed by atoms with Crippen LogP contribution in [0.4, 0.5) is 0 Å². The number of aryl methyl sites for hydroxylation is 1. The SMILES string of the molecule is CCNC(=NCc1cccnc1OC)N1CCC(c2cnn(C)c2)C1.I. The van der Waals surface area contributed by atoms with Crippen molar-refractivity contribution in [3.05, 3.63) is 41.9 Å². The fraction of sp³-hybridized carbons (Fsp3) is 0.500. The number of ether oxygens (including phenoxy) is 1. The molecule has 0 radical (unpaired) electrons. The quantitative estimate of drug-likeness (QED) is 0.413. The van der Waals surface area contributed by atoms with Gasteiger partial charge < -0.3 is 15.0 Å². The second kappa shape index (κ2) is 9.75. The number of aromatic nitrogens is 3. The van der Waals surface area contributed by atoms with E-state index in [4.69, 9.17) is 9.73 Å². The minimum Gasteiger partial charge on any atom is -0.481 e. The Labute approximate surface area is 171 Å². The first-order valence-electron chi connectivity index (χ1n) is 8.71. The number of nitrogens with one attached hydrogen (secondary N) is 1. The first-order chi connectivity index (χ1) is 12.2. The van der Waals surface area contributed by atoms with Crippen LogP contribution in [-0.4, -0.2) is 52.4 Å². The van der Waals surface area contributed by atoms with E-state index in [-0.39, 0.29) is 24.0 Å². The van der Waals surface area contributed by atoms with Crippen molar-refractivity contribution in [2.24, 2.45) is 12.0 Å². The summed E-state index contributed by atoms with van der Waals surface area (Å²) in [5, 5.41) is 7.70. The maximum atomic E-state index is 5.32. The lowest BCUT2D eigenvalue weighted by Gasteiger charge is -2.21. The molecule has 2 aromatic heterocycles. The van der Waals surface area contributed by atoms with E-state index in [1.54, 1.807) is 13.3 Å². The summed E-state index contributed by atoms with van der Waals surface area (Å²) in [6.07, 6.45) is 6.93. The summed E-state index contributed by atoms with van der Waals surface area (Å²) in [6, 6.07) is 3.91. The monoisotopic (exact) mass is 470 g/mol. The van der Waals surface area contributed by atoms with Gasteiger partial charge in [0, 0.05) is 50.6 Å². The lowest BCUT2D eigenvalue weighted by Crippen LogP contribution is -2.40. The molecule has 8 heteroatoms. The number of halogens is 1. The van der Waals surface area contributed by atoms with E-state index >= 15 is 0 Å². The van der Waals surface area contributed by atoms with Gasteiger partial charge in [0.1, 0.15) is 0 Å². The second-order valence-corrected chi connectivity index (χ2v) is 6.22. The Kier molecular flexibility index (Phi) is 7.67. The van der Waals surface area contributed by atoms with Gasteiger partial charge in [-0.1, -0.05) is 6.07 Å². The molecule has 1 unspecified atom stereocenters. The molecule has 26 heavy (non-hydrogen) atoms. The molecule has 0 bridgehead atoms. The minimum absolute atomic E-state index is 0. The van der Waals surface area contributed by atoms with Crippen molar-refractivity contribution in [1.29, 1.82) is 0 Å². The fourth-order valence-electron chi connectivity index (χ4n) is 3.19. The molecule has 3 heterocycles. The molecule has 1 atom stereocenters. The van der Waals surface area contributed by atoms with E-state index in [1.807, 2.05) is 30.1 Å². The highest BCUT2D eigenvalue weighted by Gasteiger charge is 2.26. The summed E-state index contributed by atoms with van der Waals surface area (Å²) in [6.45, 7) is 5.44. The van der Waals surface area contributed by atoms with Gasteiger partial charge in [-0.25, -0.2) is 9.98 Å². The van der Waals surface area contributed by atoms with Crippen molar-refractivity contribution in [2.45, 2.75) is 25.8 Å². The van der Waals surface area contributed by atoms with Crippen molar-refractivity contribution < 1.29 is 4.74 Å². The highest BCUT2D eigenvalue weighted by Crippen LogP contribution is 2.26. The topological polar surface area (TPSA) is 67.6 Å². The van der Waals surface area contributed by atoms with E-state index < -0.39 is 0 Å². The van der Waals surface area contributed by atoms with Crippen molar-refractivity contribution in [2.75, 3.05) is 26.7 Å². The first kappa shape index (κ1) is 20.5. The number of methoxy groups -OCH3 is 1. The smallest absolute Gasteiger partial charge is 0.218 e. The molecule has 0 aliphatic carbocycles. The molecule has 0 saturated carbocycles. The molecule has 0 amide bonds. The lowest BCUT2D eigenvalue weighted by atomic mass is 10.0. The molecular formula is C18H27IN6O. The molecule has 1 aliphatic rings. The maximum absolute atomic E-state index is 5.32. The second-order valence-electron chi connectivity index (χ2n) is 6.22.